The van der Waals surface area contributed by atoms with Gasteiger partial charge in [0.2, 0.25) is 11.8 Å². The first kappa shape index (κ1) is 17.1. The van der Waals surface area contributed by atoms with Gasteiger partial charge in [0, 0.05) is 24.6 Å². The van der Waals surface area contributed by atoms with Gasteiger partial charge >= 0.3 is 0 Å². The molecule has 0 atom stereocenters. The molecule has 21 heavy (non-hydrogen) atoms. The lowest BCUT2D eigenvalue weighted by atomic mass is 10.1. The standard InChI is InChI=1S/C13H17ClN4O3/c14-13-10(5-4-8-15-13)9-16-17-11(19)6-2-1-3-7-12(20)18-21/h4-5,8-9,21H,1-3,6-7H2,(H,17,19)(H,18,20)/b16-9+. The number of carbonyl (C=O) groups is 2. The Hall–Kier alpha value is -1.99. The molecule has 0 fully saturated rings. The van der Waals surface area contributed by atoms with Gasteiger partial charge in [0.05, 0.1) is 6.21 Å². The van der Waals surface area contributed by atoms with Crippen molar-refractivity contribution in [3.8, 4) is 0 Å². The molecule has 0 spiro atoms. The highest BCUT2D eigenvalue weighted by atomic mass is 35.5. The highest BCUT2D eigenvalue weighted by molar-refractivity contribution is 6.31. The van der Waals surface area contributed by atoms with E-state index in [0.717, 1.165) is 6.42 Å². The van der Waals surface area contributed by atoms with Crippen molar-refractivity contribution in [3.63, 3.8) is 0 Å². The molecule has 0 radical (unpaired) electrons. The summed E-state index contributed by atoms with van der Waals surface area (Å²) in [7, 11) is 0. The summed E-state index contributed by atoms with van der Waals surface area (Å²) in [6.07, 6.45) is 5.55. The Morgan fingerprint density at radius 3 is 2.67 bits per heavy atom. The average molecular weight is 313 g/mol. The quantitative estimate of drug-likeness (QED) is 0.223. The van der Waals surface area contributed by atoms with Crippen molar-refractivity contribution in [2.45, 2.75) is 32.1 Å². The van der Waals surface area contributed by atoms with E-state index in [0.29, 0.717) is 30.0 Å². The molecule has 0 aliphatic rings. The number of unbranched alkanes of at least 4 members (excludes halogenated alkanes) is 2. The highest BCUT2D eigenvalue weighted by Gasteiger charge is 2.02. The van der Waals surface area contributed by atoms with E-state index in [-0.39, 0.29) is 12.3 Å². The van der Waals surface area contributed by atoms with Crippen molar-refractivity contribution < 1.29 is 14.8 Å². The van der Waals surface area contributed by atoms with E-state index >= 15 is 0 Å². The van der Waals surface area contributed by atoms with Crippen LogP contribution >= 0.6 is 11.6 Å². The summed E-state index contributed by atoms with van der Waals surface area (Å²) in [5.41, 5.74) is 4.57. The second-order valence-corrected chi connectivity index (χ2v) is 4.63. The van der Waals surface area contributed by atoms with E-state index in [1.165, 1.54) is 6.21 Å². The second-order valence-electron chi connectivity index (χ2n) is 4.27. The zero-order valence-electron chi connectivity index (χ0n) is 11.4. The minimum Gasteiger partial charge on any atom is -0.289 e. The van der Waals surface area contributed by atoms with Gasteiger partial charge in [0.1, 0.15) is 5.15 Å². The van der Waals surface area contributed by atoms with Gasteiger partial charge in [-0.25, -0.2) is 15.9 Å². The van der Waals surface area contributed by atoms with Crippen molar-refractivity contribution >= 4 is 29.6 Å². The summed E-state index contributed by atoms with van der Waals surface area (Å²) in [6.45, 7) is 0. The Balaban J connectivity index is 2.17. The molecule has 114 valence electrons. The van der Waals surface area contributed by atoms with Gasteiger partial charge in [-0.05, 0) is 25.0 Å². The molecule has 0 aliphatic carbocycles. The van der Waals surface area contributed by atoms with E-state index in [1.807, 2.05) is 0 Å². The van der Waals surface area contributed by atoms with E-state index in [9.17, 15) is 9.59 Å². The van der Waals surface area contributed by atoms with Gasteiger partial charge in [-0.2, -0.15) is 5.10 Å². The van der Waals surface area contributed by atoms with E-state index < -0.39 is 5.91 Å². The first-order valence-electron chi connectivity index (χ1n) is 6.49. The van der Waals surface area contributed by atoms with Gasteiger partial charge in [0.25, 0.3) is 0 Å². The summed E-state index contributed by atoms with van der Waals surface area (Å²) < 4.78 is 0. The summed E-state index contributed by atoms with van der Waals surface area (Å²) in [4.78, 5) is 26.1. The molecule has 0 unspecified atom stereocenters. The third-order valence-electron chi connectivity index (χ3n) is 2.61. The topological polar surface area (TPSA) is 104 Å². The normalized spacial score (nSPS) is 10.6. The Morgan fingerprint density at radius 1 is 1.29 bits per heavy atom. The molecular formula is C13H17ClN4O3. The maximum Gasteiger partial charge on any atom is 0.243 e. The van der Waals surface area contributed by atoms with Crippen LogP contribution < -0.4 is 10.9 Å². The monoisotopic (exact) mass is 312 g/mol. The van der Waals surface area contributed by atoms with Crippen molar-refractivity contribution in [2.24, 2.45) is 5.10 Å². The van der Waals surface area contributed by atoms with Gasteiger partial charge in [0.15, 0.2) is 0 Å². The fraction of sp³-hybridized carbons (Fsp3) is 0.385. The van der Waals surface area contributed by atoms with Gasteiger partial charge in [-0.1, -0.05) is 18.0 Å². The molecule has 0 bridgehead atoms. The van der Waals surface area contributed by atoms with Crippen LogP contribution in [-0.2, 0) is 9.59 Å². The maximum absolute atomic E-state index is 11.5. The Labute approximate surface area is 127 Å². The van der Waals surface area contributed by atoms with Crippen molar-refractivity contribution in [1.82, 2.24) is 15.9 Å². The van der Waals surface area contributed by atoms with Crippen LogP contribution in [0.1, 0.15) is 37.7 Å². The predicted molar refractivity (Wildman–Crippen MR) is 78.0 cm³/mol. The zero-order valence-corrected chi connectivity index (χ0v) is 12.1. The lowest BCUT2D eigenvalue weighted by Gasteiger charge is -2.01. The summed E-state index contributed by atoms with van der Waals surface area (Å²) in [5.74, 6) is -0.629. The molecule has 1 aromatic rings. The smallest absolute Gasteiger partial charge is 0.243 e. The van der Waals surface area contributed by atoms with Gasteiger partial charge < -0.3 is 0 Å². The van der Waals surface area contributed by atoms with Gasteiger partial charge in [-0.3, -0.25) is 14.8 Å². The summed E-state index contributed by atoms with van der Waals surface area (Å²) >= 11 is 5.83. The van der Waals surface area contributed by atoms with Crippen molar-refractivity contribution in [2.75, 3.05) is 0 Å². The number of hydrazone groups is 1. The third kappa shape index (κ3) is 7.38. The second kappa shape index (κ2) is 9.84. The number of amides is 2. The fourth-order valence-electron chi connectivity index (χ4n) is 1.53. The van der Waals surface area contributed by atoms with Crippen LogP contribution in [0.25, 0.3) is 0 Å². The minimum atomic E-state index is -0.419. The van der Waals surface area contributed by atoms with Crippen molar-refractivity contribution in [3.05, 3.63) is 29.0 Å². The lowest BCUT2D eigenvalue weighted by molar-refractivity contribution is -0.129. The molecule has 0 aliphatic heterocycles. The van der Waals surface area contributed by atoms with Crippen LogP contribution in [0.4, 0.5) is 0 Å². The van der Waals surface area contributed by atoms with E-state index in [4.69, 9.17) is 16.8 Å². The summed E-state index contributed by atoms with van der Waals surface area (Å²) in [5, 5.41) is 12.4. The molecule has 0 saturated carbocycles. The van der Waals surface area contributed by atoms with Crippen LogP contribution in [0, 0.1) is 0 Å². The Kier molecular flexibility index (Phi) is 8.00. The number of hydroxylamine groups is 1. The Bertz CT molecular complexity index is 508. The number of hydrogen-bond donors (Lipinski definition) is 3. The van der Waals surface area contributed by atoms with Crippen molar-refractivity contribution in [1.29, 1.82) is 0 Å². The number of aromatic nitrogens is 1. The SMILES string of the molecule is O=C(CCCCCC(=O)N/N=C/c1cccnc1Cl)NO. The van der Waals surface area contributed by atoms with E-state index in [1.54, 1.807) is 23.8 Å². The predicted octanol–water partition coefficient (Wildman–Crippen LogP) is 1.64. The number of hydrogen-bond acceptors (Lipinski definition) is 5. The molecule has 3 N–H and O–H groups in total. The highest BCUT2D eigenvalue weighted by Crippen LogP contribution is 2.08. The minimum absolute atomic E-state index is 0.210. The van der Waals surface area contributed by atoms with Crippen LogP contribution in [0.5, 0.6) is 0 Å². The molecule has 7 nitrogen and oxygen atoms in total. The molecular weight excluding hydrogens is 296 g/mol. The van der Waals surface area contributed by atoms with Crippen LogP contribution in [-0.4, -0.2) is 28.2 Å². The van der Waals surface area contributed by atoms with Gasteiger partial charge in [-0.15, -0.1) is 0 Å². The fourth-order valence-corrected chi connectivity index (χ4v) is 1.70. The molecule has 0 saturated heterocycles. The molecule has 2 amide bonds. The molecule has 8 heteroatoms. The number of pyridine rings is 1. The zero-order chi connectivity index (χ0) is 15.5. The number of nitrogens with zero attached hydrogens (tertiary/aromatic N) is 2. The number of carbonyl (C=O) groups excluding carboxylic acids is 2. The van der Waals surface area contributed by atoms with E-state index in [2.05, 4.69) is 15.5 Å². The molecule has 1 aromatic heterocycles. The number of rotatable bonds is 8. The molecule has 1 rings (SSSR count). The largest absolute Gasteiger partial charge is 0.289 e. The molecule has 1 heterocycles. The van der Waals surface area contributed by atoms with Crippen LogP contribution in [0.3, 0.4) is 0 Å². The number of nitrogens with one attached hydrogen (secondary N) is 2. The van der Waals surface area contributed by atoms with Crippen LogP contribution in [0.2, 0.25) is 5.15 Å². The first-order chi connectivity index (χ1) is 10.1. The third-order valence-corrected chi connectivity index (χ3v) is 2.93. The van der Waals surface area contributed by atoms with Crippen LogP contribution in [0.15, 0.2) is 23.4 Å². The maximum atomic E-state index is 11.5. The average Bonchev–Trinajstić information content (AvgIpc) is 2.48. The summed E-state index contributed by atoms with van der Waals surface area (Å²) in [6, 6.07) is 3.45. The lowest BCUT2D eigenvalue weighted by Crippen LogP contribution is -2.18. The molecule has 0 aromatic carbocycles. The number of halogens is 1. The Morgan fingerprint density at radius 2 is 2.00 bits per heavy atom. The first-order valence-corrected chi connectivity index (χ1v) is 6.86.